The summed E-state index contributed by atoms with van der Waals surface area (Å²) in [5.41, 5.74) is 7.09. The fraction of sp³-hybridized carbons (Fsp3) is 0.0769. The van der Waals surface area contributed by atoms with E-state index < -0.39 is 0 Å². The second-order valence-corrected chi connectivity index (χ2v) is 4.98. The lowest BCUT2D eigenvalue weighted by Crippen LogP contribution is -1.97. The van der Waals surface area contributed by atoms with Gasteiger partial charge >= 0.3 is 0 Å². The van der Waals surface area contributed by atoms with Crippen molar-refractivity contribution in [1.29, 1.82) is 0 Å². The van der Waals surface area contributed by atoms with E-state index in [1.165, 1.54) is 0 Å². The molecule has 0 heterocycles. The molecule has 2 aromatic carbocycles. The number of nitrogen functional groups attached to an aromatic ring is 1. The summed E-state index contributed by atoms with van der Waals surface area (Å²) in [6.07, 6.45) is 0. The van der Waals surface area contributed by atoms with Crippen molar-refractivity contribution in [3.05, 3.63) is 57.0 Å². The minimum Gasteiger partial charge on any atom is -0.486 e. The number of hydrogen-bond acceptors (Lipinski definition) is 2. The third kappa shape index (κ3) is 3.22. The number of hydrogen-bond donors (Lipinski definition) is 1. The third-order valence-corrected chi connectivity index (χ3v) is 3.13. The monoisotopic (exact) mass is 301 g/mol. The average molecular weight is 303 g/mol. The van der Waals surface area contributed by atoms with Crippen LogP contribution in [0.2, 0.25) is 15.1 Å². The summed E-state index contributed by atoms with van der Waals surface area (Å²) in [5, 5.41) is 1.48. The Morgan fingerprint density at radius 2 is 1.50 bits per heavy atom. The number of nitrogens with two attached hydrogens (primary N) is 1. The molecule has 2 N–H and O–H groups in total. The molecular formula is C13H10Cl3NO. The van der Waals surface area contributed by atoms with Gasteiger partial charge in [0, 0.05) is 10.7 Å². The molecule has 0 fully saturated rings. The number of anilines is 1. The Bertz CT molecular complexity index is 532. The smallest absolute Gasteiger partial charge is 0.157 e. The van der Waals surface area contributed by atoms with Gasteiger partial charge in [-0.1, -0.05) is 46.9 Å². The summed E-state index contributed by atoms with van der Waals surface area (Å²) in [5.74, 6) is 0.433. The van der Waals surface area contributed by atoms with Crippen LogP contribution in [0.4, 0.5) is 5.69 Å². The van der Waals surface area contributed by atoms with Gasteiger partial charge in [0.25, 0.3) is 0 Å². The second-order valence-electron chi connectivity index (χ2n) is 3.73. The fourth-order valence-corrected chi connectivity index (χ4v) is 2.19. The predicted molar refractivity (Wildman–Crippen MR) is 76.7 cm³/mol. The molecule has 0 aliphatic carbocycles. The molecule has 0 saturated heterocycles. The molecular weight excluding hydrogens is 293 g/mol. The van der Waals surface area contributed by atoms with Crippen molar-refractivity contribution in [2.75, 3.05) is 5.73 Å². The molecule has 5 heteroatoms. The molecule has 0 aliphatic heterocycles. The molecule has 0 atom stereocenters. The molecule has 2 nitrogen and oxygen atoms in total. The first-order valence-electron chi connectivity index (χ1n) is 5.18. The Balaban J connectivity index is 2.13. The quantitative estimate of drug-likeness (QED) is 0.826. The van der Waals surface area contributed by atoms with Crippen LogP contribution >= 0.6 is 34.8 Å². The SMILES string of the molecule is Nc1cc(Cl)c(OCc2ccc(Cl)cc2)c(Cl)c1. The molecule has 0 spiro atoms. The number of ether oxygens (including phenoxy) is 1. The van der Waals surface area contributed by atoms with Crippen LogP contribution in [0.15, 0.2) is 36.4 Å². The molecule has 2 rings (SSSR count). The highest BCUT2D eigenvalue weighted by molar-refractivity contribution is 6.37. The van der Waals surface area contributed by atoms with Crippen molar-refractivity contribution in [1.82, 2.24) is 0 Å². The lowest BCUT2D eigenvalue weighted by Gasteiger charge is -2.10. The molecule has 0 amide bonds. The van der Waals surface area contributed by atoms with Gasteiger partial charge in [-0.3, -0.25) is 0 Å². The Morgan fingerprint density at radius 3 is 2.06 bits per heavy atom. The number of benzene rings is 2. The first-order chi connectivity index (χ1) is 8.56. The average Bonchev–Trinajstić information content (AvgIpc) is 2.30. The third-order valence-electron chi connectivity index (χ3n) is 2.32. The van der Waals surface area contributed by atoms with Gasteiger partial charge in [0.15, 0.2) is 5.75 Å². The van der Waals surface area contributed by atoms with Gasteiger partial charge in [-0.05, 0) is 29.8 Å². The number of halogens is 3. The van der Waals surface area contributed by atoms with E-state index in [-0.39, 0.29) is 0 Å². The maximum atomic E-state index is 6.02. The molecule has 0 aromatic heterocycles. The first kappa shape index (κ1) is 13.3. The van der Waals surface area contributed by atoms with Gasteiger partial charge in [-0.25, -0.2) is 0 Å². The maximum Gasteiger partial charge on any atom is 0.157 e. The van der Waals surface area contributed by atoms with Crippen LogP contribution in [0, 0.1) is 0 Å². The Kier molecular flexibility index (Phi) is 4.23. The van der Waals surface area contributed by atoms with Crippen LogP contribution in [0.5, 0.6) is 5.75 Å². The summed E-state index contributed by atoms with van der Waals surface area (Å²) in [7, 11) is 0. The van der Waals surface area contributed by atoms with Crippen molar-refractivity contribution >= 4 is 40.5 Å². The summed E-state index contributed by atoms with van der Waals surface area (Å²) in [6.45, 7) is 0.362. The van der Waals surface area contributed by atoms with E-state index in [0.29, 0.717) is 33.1 Å². The lowest BCUT2D eigenvalue weighted by molar-refractivity contribution is 0.306. The van der Waals surface area contributed by atoms with Gasteiger partial charge in [0.05, 0.1) is 10.0 Å². The van der Waals surface area contributed by atoms with E-state index in [1.807, 2.05) is 12.1 Å². The molecule has 0 radical (unpaired) electrons. The van der Waals surface area contributed by atoms with E-state index in [0.717, 1.165) is 5.56 Å². The molecule has 0 unspecified atom stereocenters. The standard InChI is InChI=1S/C13H10Cl3NO/c14-9-3-1-8(2-4-9)7-18-13-11(15)5-10(17)6-12(13)16/h1-6H,7,17H2. The summed E-state index contributed by atoms with van der Waals surface area (Å²) < 4.78 is 5.59. The zero-order valence-electron chi connectivity index (χ0n) is 9.29. The lowest BCUT2D eigenvalue weighted by atomic mass is 10.2. The van der Waals surface area contributed by atoms with Crippen molar-refractivity contribution in [2.45, 2.75) is 6.61 Å². The molecule has 18 heavy (non-hydrogen) atoms. The number of rotatable bonds is 3. The van der Waals surface area contributed by atoms with Crippen molar-refractivity contribution < 1.29 is 4.74 Å². The van der Waals surface area contributed by atoms with E-state index in [1.54, 1.807) is 24.3 Å². The van der Waals surface area contributed by atoms with Crippen LogP contribution in [0.1, 0.15) is 5.56 Å². The van der Waals surface area contributed by atoms with E-state index in [2.05, 4.69) is 0 Å². The van der Waals surface area contributed by atoms with Crippen LogP contribution in [-0.2, 0) is 6.61 Å². The van der Waals surface area contributed by atoms with Gasteiger partial charge in [0.1, 0.15) is 6.61 Å². The topological polar surface area (TPSA) is 35.2 Å². The highest BCUT2D eigenvalue weighted by atomic mass is 35.5. The predicted octanol–water partition coefficient (Wildman–Crippen LogP) is 4.81. The molecule has 0 saturated carbocycles. The molecule has 0 bridgehead atoms. The van der Waals surface area contributed by atoms with Crippen molar-refractivity contribution in [3.63, 3.8) is 0 Å². The molecule has 0 aliphatic rings. The van der Waals surface area contributed by atoms with Crippen LogP contribution in [0.3, 0.4) is 0 Å². The zero-order valence-corrected chi connectivity index (χ0v) is 11.6. The van der Waals surface area contributed by atoms with E-state index >= 15 is 0 Å². The van der Waals surface area contributed by atoms with Gasteiger partial charge in [-0.2, -0.15) is 0 Å². The fourth-order valence-electron chi connectivity index (χ4n) is 1.45. The van der Waals surface area contributed by atoms with Crippen LogP contribution < -0.4 is 10.5 Å². The summed E-state index contributed by atoms with van der Waals surface area (Å²) in [6, 6.07) is 10.6. The summed E-state index contributed by atoms with van der Waals surface area (Å²) >= 11 is 17.8. The minimum atomic E-state index is 0.362. The Hall–Kier alpha value is -1.09. The minimum absolute atomic E-state index is 0.362. The first-order valence-corrected chi connectivity index (χ1v) is 6.31. The van der Waals surface area contributed by atoms with Crippen LogP contribution in [0.25, 0.3) is 0 Å². The van der Waals surface area contributed by atoms with E-state index in [4.69, 9.17) is 45.3 Å². The van der Waals surface area contributed by atoms with Crippen molar-refractivity contribution in [3.8, 4) is 5.75 Å². The normalized spacial score (nSPS) is 10.4. The molecule has 94 valence electrons. The van der Waals surface area contributed by atoms with Crippen LogP contribution in [-0.4, -0.2) is 0 Å². The zero-order chi connectivity index (χ0) is 13.1. The van der Waals surface area contributed by atoms with Gasteiger partial charge in [-0.15, -0.1) is 0 Å². The second kappa shape index (κ2) is 5.70. The summed E-state index contributed by atoms with van der Waals surface area (Å²) in [4.78, 5) is 0. The largest absolute Gasteiger partial charge is 0.486 e. The Labute approximate surface area is 120 Å². The van der Waals surface area contributed by atoms with E-state index in [9.17, 15) is 0 Å². The van der Waals surface area contributed by atoms with Crippen molar-refractivity contribution in [2.24, 2.45) is 0 Å². The Morgan fingerprint density at radius 1 is 0.944 bits per heavy atom. The molecule has 2 aromatic rings. The highest BCUT2D eigenvalue weighted by Gasteiger charge is 2.08. The van der Waals surface area contributed by atoms with Gasteiger partial charge < -0.3 is 10.5 Å². The van der Waals surface area contributed by atoms with Gasteiger partial charge in [0.2, 0.25) is 0 Å². The maximum absolute atomic E-state index is 6.02. The highest BCUT2D eigenvalue weighted by Crippen LogP contribution is 2.35.